The lowest BCUT2D eigenvalue weighted by atomic mass is 10.0. The van der Waals surface area contributed by atoms with Crippen LogP contribution in [-0.4, -0.2) is 14.5 Å². The molecule has 3 aromatic heterocycles. The molecule has 0 amide bonds. The number of para-hydroxylation sites is 2. The van der Waals surface area contributed by atoms with Crippen LogP contribution in [0.4, 0.5) is 0 Å². The summed E-state index contributed by atoms with van der Waals surface area (Å²) in [6.45, 7) is 3.36. The maximum absolute atomic E-state index is 3.80. The number of hydrogen-bond acceptors (Lipinski definition) is 0. The monoisotopic (exact) mass is 569 g/mol. The second-order valence-corrected chi connectivity index (χ2v) is 12.9. The molecule has 0 aliphatic rings. The van der Waals surface area contributed by atoms with Crippen molar-refractivity contribution >= 4 is 65.4 Å². The highest BCUT2D eigenvalue weighted by atomic mass is 15.0. The van der Waals surface area contributed by atoms with E-state index < -0.39 is 0 Å². The lowest BCUT2D eigenvalue weighted by molar-refractivity contribution is 0.528. The predicted octanol–water partition coefficient (Wildman–Crippen LogP) is 12.5. The molecule has 0 fully saturated rings. The van der Waals surface area contributed by atoms with Crippen molar-refractivity contribution in [2.24, 2.45) is 0 Å². The highest BCUT2D eigenvalue weighted by molar-refractivity contribution is 6.27. The smallest absolute Gasteiger partial charge is 0.0566 e. The zero-order valence-corrected chi connectivity index (χ0v) is 26.0. The number of hydrogen-bond donors (Lipinski definition) is 2. The van der Waals surface area contributed by atoms with Crippen LogP contribution in [0.5, 0.6) is 0 Å². The molecule has 2 N–H and O–H groups in total. The van der Waals surface area contributed by atoms with Gasteiger partial charge in [-0.25, -0.2) is 0 Å². The number of H-pyrrole nitrogens is 2. The van der Waals surface area contributed by atoms with E-state index in [2.05, 4.69) is 94.3 Å². The number of nitrogens with zero attached hydrogens (tertiary/aromatic N) is 1. The molecule has 0 saturated carbocycles. The van der Waals surface area contributed by atoms with Crippen molar-refractivity contribution in [1.82, 2.24) is 14.5 Å². The van der Waals surface area contributed by atoms with Crippen molar-refractivity contribution in [2.45, 2.75) is 103 Å². The van der Waals surface area contributed by atoms with Gasteiger partial charge in [-0.15, -0.1) is 0 Å². The second kappa shape index (κ2) is 12.9. The van der Waals surface area contributed by atoms with E-state index >= 15 is 0 Å². The molecular formula is C40H47N3. The second-order valence-electron chi connectivity index (χ2n) is 12.9. The van der Waals surface area contributed by atoms with Gasteiger partial charge in [0.2, 0.25) is 0 Å². The molecule has 7 rings (SSSR count). The van der Waals surface area contributed by atoms with E-state index in [0.717, 1.165) is 6.54 Å². The molecule has 0 radical (unpaired) electrons. The molecule has 0 unspecified atom stereocenters. The third-order valence-electron chi connectivity index (χ3n) is 9.87. The molecule has 3 heterocycles. The molecular weight excluding hydrogens is 522 g/mol. The molecule has 0 aliphatic carbocycles. The van der Waals surface area contributed by atoms with Gasteiger partial charge in [0.25, 0.3) is 0 Å². The van der Waals surface area contributed by atoms with Crippen LogP contribution in [-0.2, 0) is 6.54 Å². The topological polar surface area (TPSA) is 36.5 Å². The zero-order valence-electron chi connectivity index (χ0n) is 26.0. The largest absolute Gasteiger partial charge is 0.354 e. The van der Waals surface area contributed by atoms with Crippen LogP contribution in [0.25, 0.3) is 65.4 Å². The molecule has 43 heavy (non-hydrogen) atoms. The first kappa shape index (κ1) is 28.1. The summed E-state index contributed by atoms with van der Waals surface area (Å²) >= 11 is 0. The zero-order chi connectivity index (χ0) is 29.0. The van der Waals surface area contributed by atoms with Gasteiger partial charge >= 0.3 is 0 Å². The van der Waals surface area contributed by atoms with Crippen molar-refractivity contribution in [2.75, 3.05) is 0 Å². The maximum Gasteiger partial charge on any atom is 0.0566 e. The van der Waals surface area contributed by atoms with Gasteiger partial charge < -0.3 is 14.5 Å². The minimum atomic E-state index is 1.06. The fourth-order valence-corrected chi connectivity index (χ4v) is 7.55. The summed E-state index contributed by atoms with van der Waals surface area (Å²) in [5.74, 6) is 0. The van der Waals surface area contributed by atoms with Crippen molar-refractivity contribution in [3.8, 4) is 0 Å². The quantitative estimate of drug-likeness (QED) is 0.115. The summed E-state index contributed by atoms with van der Waals surface area (Å²) < 4.78 is 2.60. The normalized spacial score (nSPS) is 12.3. The number of benzene rings is 4. The van der Waals surface area contributed by atoms with Crippen molar-refractivity contribution in [1.29, 1.82) is 0 Å². The van der Waals surface area contributed by atoms with E-state index in [1.54, 1.807) is 0 Å². The molecule has 0 aliphatic heterocycles. The van der Waals surface area contributed by atoms with Gasteiger partial charge in [0, 0.05) is 55.4 Å². The highest BCUT2D eigenvalue weighted by Crippen LogP contribution is 2.40. The molecule has 3 heteroatoms. The Morgan fingerprint density at radius 1 is 0.465 bits per heavy atom. The van der Waals surface area contributed by atoms with Gasteiger partial charge in [0.15, 0.2) is 0 Å². The first-order valence-electron chi connectivity index (χ1n) is 17.2. The van der Waals surface area contributed by atoms with Crippen LogP contribution in [0.1, 0.15) is 96.8 Å². The molecule has 0 saturated heterocycles. The van der Waals surface area contributed by atoms with E-state index in [9.17, 15) is 0 Å². The number of aromatic amines is 2. The van der Waals surface area contributed by atoms with E-state index in [1.165, 1.54) is 155 Å². The Morgan fingerprint density at radius 3 is 1.72 bits per heavy atom. The Morgan fingerprint density at radius 2 is 1.05 bits per heavy atom. The van der Waals surface area contributed by atoms with E-state index in [-0.39, 0.29) is 0 Å². The maximum atomic E-state index is 3.80. The Kier molecular flexibility index (Phi) is 8.41. The Labute approximate surface area is 255 Å². The van der Waals surface area contributed by atoms with Gasteiger partial charge in [0.1, 0.15) is 0 Å². The first-order valence-corrected chi connectivity index (χ1v) is 17.2. The average Bonchev–Trinajstić information content (AvgIpc) is 3.69. The van der Waals surface area contributed by atoms with Gasteiger partial charge in [0.05, 0.1) is 16.6 Å². The summed E-state index contributed by atoms with van der Waals surface area (Å²) in [6.07, 6.45) is 19.5. The van der Waals surface area contributed by atoms with Crippen LogP contribution in [0.2, 0.25) is 0 Å². The number of unbranched alkanes of at least 4 members (excludes halogenated alkanes) is 13. The number of nitrogens with one attached hydrogen (secondary N) is 2. The van der Waals surface area contributed by atoms with E-state index in [4.69, 9.17) is 0 Å². The van der Waals surface area contributed by atoms with Crippen LogP contribution >= 0.6 is 0 Å². The van der Waals surface area contributed by atoms with Gasteiger partial charge in [-0.2, -0.15) is 0 Å². The molecule has 3 nitrogen and oxygen atoms in total. The SMILES string of the molecule is CCCCCCCCCCCCCCCCn1c2cc3[nH]c4ccccc4c3cc2c2c3[nH]c4ccccc4c3ccc21. The summed E-state index contributed by atoms with van der Waals surface area (Å²) in [5, 5.41) is 7.96. The van der Waals surface area contributed by atoms with Crippen LogP contribution in [0, 0.1) is 0 Å². The van der Waals surface area contributed by atoms with E-state index in [1.807, 2.05) is 0 Å². The number of aromatic nitrogens is 3. The summed E-state index contributed by atoms with van der Waals surface area (Å²) in [4.78, 5) is 7.50. The third kappa shape index (κ3) is 5.55. The number of rotatable bonds is 15. The van der Waals surface area contributed by atoms with Crippen LogP contribution < -0.4 is 0 Å². The summed E-state index contributed by atoms with van der Waals surface area (Å²) in [5.41, 5.74) is 7.61. The Bertz CT molecular complexity index is 1980. The molecule has 0 spiro atoms. The highest BCUT2D eigenvalue weighted by Gasteiger charge is 2.18. The number of aryl methyl sites for hydroxylation is 1. The average molecular weight is 570 g/mol. The van der Waals surface area contributed by atoms with Gasteiger partial charge in [-0.3, -0.25) is 0 Å². The summed E-state index contributed by atoms with van der Waals surface area (Å²) in [6, 6.07) is 27.0. The molecule has 222 valence electrons. The molecule has 4 aromatic carbocycles. The fourth-order valence-electron chi connectivity index (χ4n) is 7.55. The van der Waals surface area contributed by atoms with Gasteiger partial charge in [-0.1, -0.05) is 133 Å². The van der Waals surface area contributed by atoms with Crippen molar-refractivity contribution in [3.63, 3.8) is 0 Å². The Balaban J connectivity index is 1.08. The molecule has 0 atom stereocenters. The van der Waals surface area contributed by atoms with Crippen LogP contribution in [0.15, 0.2) is 72.8 Å². The minimum absolute atomic E-state index is 1.06. The van der Waals surface area contributed by atoms with Crippen molar-refractivity contribution < 1.29 is 0 Å². The fraction of sp³-hybridized carbons (Fsp3) is 0.400. The van der Waals surface area contributed by atoms with E-state index in [0.29, 0.717) is 0 Å². The lowest BCUT2D eigenvalue weighted by Crippen LogP contribution is -1.98. The third-order valence-corrected chi connectivity index (χ3v) is 9.87. The standard InChI is InChI=1S/C40H47N3/c1-2-3-4-5-6-7-8-9-10-11-12-13-14-19-26-43-37-25-24-31-29-20-15-18-23-35(29)42-40(31)39(37)33-27-32-30-21-16-17-22-34(30)41-36(32)28-38(33)43/h15-18,20-25,27-28,41-42H,2-14,19,26H2,1H3. The van der Waals surface area contributed by atoms with Crippen molar-refractivity contribution in [3.05, 3.63) is 72.8 Å². The lowest BCUT2D eigenvalue weighted by Gasteiger charge is -2.08. The number of fused-ring (bicyclic) bond motifs is 10. The van der Waals surface area contributed by atoms with Gasteiger partial charge in [-0.05, 0) is 36.8 Å². The minimum Gasteiger partial charge on any atom is -0.354 e. The predicted molar refractivity (Wildman–Crippen MR) is 188 cm³/mol. The molecule has 7 aromatic rings. The Hall–Kier alpha value is -3.72. The molecule has 0 bridgehead atoms. The summed E-state index contributed by atoms with van der Waals surface area (Å²) in [7, 11) is 0. The van der Waals surface area contributed by atoms with Crippen LogP contribution in [0.3, 0.4) is 0 Å². The first-order chi connectivity index (χ1) is 21.3.